The highest BCUT2D eigenvalue weighted by atomic mass is 32.2. The Bertz CT molecular complexity index is 497. The van der Waals surface area contributed by atoms with E-state index in [1.165, 1.54) is 18.2 Å². The molecular weight excluding hydrogens is 230 g/mol. The molecule has 1 aromatic rings. The zero-order valence-corrected chi connectivity index (χ0v) is 9.51. The van der Waals surface area contributed by atoms with Crippen molar-refractivity contribution in [1.82, 2.24) is 0 Å². The molecule has 0 N–H and O–H groups in total. The molecule has 0 saturated heterocycles. The van der Waals surface area contributed by atoms with Gasteiger partial charge in [0.2, 0.25) is 0 Å². The van der Waals surface area contributed by atoms with Crippen LogP contribution in [0.4, 0.5) is 5.69 Å². The molecule has 78 valence electrons. The number of benzene rings is 1. The molecule has 5 heteroatoms. The zero-order chi connectivity index (χ0) is 11.3. The second-order valence-electron chi connectivity index (χ2n) is 2.77. The molecule has 0 unspecified atom stereocenters. The monoisotopic (exact) mass is 239 g/mol. The summed E-state index contributed by atoms with van der Waals surface area (Å²) in [7, 11) is -3.25. The highest BCUT2D eigenvalue weighted by Gasteiger charge is 2.11. The number of hydrogen-bond donors (Lipinski definition) is 0. The van der Waals surface area contributed by atoms with Crippen molar-refractivity contribution in [3.63, 3.8) is 0 Å². The summed E-state index contributed by atoms with van der Waals surface area (Å²) in [5, 5.41) is 2.21. The van der Waals surface area contributed by atoms with Crippen molar-refractivity contribution < 1.29 is 8.42 Å². The summed E-state index contributed by atoms with van der Waals surface area (Å²) in [6.45, 7) is 3.40. The second kappa shape index (κ2) is 4.98. The quantitative estimate of drug-likeness (QED) is 0.460. The number of isothiocyanates is 1. The van der Waals surface area contributed by atoms with E-state index >= 15 is 0 Å². The lowest BCUT2D eigenvalue weighted by molar-refractivity contribution is 0.599. The Balaban J connectivity index is 3.08. The lowest BCUT2D eigenvalue weighted by Gasteiger charge is -2.00. The van der Waals surface area contributed by atoms with E-state index in [1.54, 1.807) is 12.1 Å². The van der Waals surface area contributed by atoms with E-state index < -0.39 is 9.84 Å². The lowest BCUT2D eigenvalue weighted by Crippen LogP contribution is -2.03. The molecule has 0 aliphatic rings. The number of nitrogens with zero attached hydrogens (tertiary/aromatic N) is 1. The molecule has 0 spiro atoms. The Kier molecular flexibility index (Phi) is 3.91. The van der Waals surface area contributed by atoms with Gasteiger partial charge in [0, 0.05) is 0 Å². The topological polar surface area (TPSA) is 46.5 Å². The van der Waals surface area contributed by atoms with Crippen molar-refractivity contribution in [2.45, 2.75) is 4.90 Å². The molecule has 0 aromatic heterocycles. The van der Waals surface area contributed by atoms with Crippen LogP contribution in [-0.4, -0.2) is 19.3 Å². The van der Waals surface area contributed by atoms with E-state index in [0.29, 0.717) is 5.69 Å². The molecule has 0 amide bonds. The van der Waals surface area contributed by atoms with Crippen LogP contribution in [-0.2, 0) is 9.84 Å². The van der Waals surface area contributed by atoms with Crippen LogP contribution in [0, 0.1) is 0 Å². The third-order valence-corrected chi connectivity index (χ3v) is 3.46. The van der Waals surface area contributed by atoms with E-state index in [-0.39, 0.29) is 10.6 Å². The number of aliphatic imine (C=N–C) groups is 1. The standard InChI is InChI=1S/C10H9NO2S2/c1-2-7-15(12,13)10-5-3-9(4-6-10)11-8-14/h2-6H,1,7H2. The van der Waals surface area contributed by atoms with Crippen molar-refractivity contribution in [2.24, 2.45) is 4.99 Å². The zero-order valence-electron chi connectivity index (χ0n) is 7.88. The summed E-state index contributed by atoms with van der Waals surface area (Å²) < 4.78 is 23.1. The maximum Gasteiger partial charge on any atom is 0.181 e. The van der Waals surface area contributed by atoms with Crippen molar-refractivity contribution >= 4 is 32.9 Å². The van der Waals surface area contributed by atoms with E-state index in [1.807, 2.05) is 0 Å². The van der Waals surface area contributed by atoms with Gasteiger partial charge in [-0.15, -0.1) is 6.58 Å². The molecule has 3 nitrogen and oxygen atoms in total. The number of sulfone groups is 1. The van der Waals surface area contributed by atoms with Gasteiger partial charge in [-0.1, -0.05) is 6.08 Å². The number of rotatable bonds is 4. The summed E-state index contributed by atoms with van der Waals surface area (Å²) in [5.41, 5.74) is 0.586. The molecular formula is C10H9NO2S2. The molecule has 15 heavy (non-hydrogen) atoms. The lowest BCUT2D eigenvalue weighted by atomic mass is 10.3. The van der Waals surface area contributed by atoms with Gasteiger partial charge in [0.1, 0.15) is 0 Å². The SMILES string of the molecule is C=CCS(=O)(=O)c1ccc(N=C=S)cc1. The summed E-state index contributed by atoms with van der Waals surface area (Å²) in [4.78, 5) is 3.98. The van der Waals surface area contributed by atoms with Crippen LogP contribution in [0.1, 0.15) is 0 Å². The van der Waals surface area contributed by atoms with Gasteiger partial charge in [0.05, 0.1) is 21.5 Å². The summed E-state index contributed by atoms with van der Waals surface area (Å²) in [6, 6.07) is 6.14. The maximum atomic E-state index is 11.6. The molecule has 0 radical (unpaired) electrons. The van der Waals surface area contributed by atoms with Gasteiger partial charge < -0.3 is 0 Å². The predicted octanol–water partition coefficient (Wildman–Crippen LogP) is 2.38. The van der Waals surface area contributed by atoms with Crippen LogP contribution in [0.2, 0.25) is 0 Å². The van der Waals surface area contributed by atoms with Gasteiger partial charge in [0.15, 0.2) is 9.84 Å². The Morgan fingerprint density at radius 2 is 2.00 bits per heavy atom. The minimum absolute atomic E-state index is 0.0667. The highest BCUT2D eigenvalue weighted by Crippen LogP contribution is 2.17. The average molecular weight is 239 g/mol. The normalized spacial score (nSPS) is 10.4. The third-order valence-electron chi connectivity index (χ3n) is 1.71. The summed E-state index contributed by atoms with van der Waals surface area (Å²) in [6.07, 6.45) is 1.36. The van der Waals surface area contributed by atoms with Crippen molar-refractivity contribution in [2.75, 3.05) is 5.75 Å². The van der Waals surface area contributed by atoms with Gasteiger partial charge in [-0.25, -0.2) is 8.42 Å². The Morgan fingerprint density at radius 1 is 1.40 bits per heavy atom. The fourth-order valence-electron chi connectivity index (χ4n) is 1.03. The number of thiocarbonyl (C=S) groups is 1. The van der Waals surface area contributed by atoms with E-state index in [9.17, 15) is 8.42 Å². The first kappa shape index (κ1) is 11.8. The maximum absolute atomic E-state index is 11.6. The van der Waals surface area contributed by atoms with Crippen molar-refractivity contribution in [3.8, 4) is 0 Å². The van der Waals surface area contributed by atoms with E-state index in [2.05, 4.69) is 29.0 Å². The molecule has 0 aliphatic carbocycles. The Labute approximate surface area is 94.1 Å². The fourth-order valence-corrected chi connectivity index (χ4v) is 2.19. The number of hydrogen-bond acceptors (Lipinski definition) is 4. The van der Waals surface area contributed by atoms with Crippen LogP contribution in [0.3, 0.4) is 0 Å². The van der Waals surface area contributed by atoms with Crippen LogP contribution in [0.15, 0.2) is 46.8 Å². The average Bonchev–Trinajstić information content (AvgIpc) is 2.19. The van der Waals surface area contributed by atoms with Crippen LogP contribution in [0.25, 0.3) is 0 Å². The molecule has 0 heterocycles. The first-order valence-corrected chi connectivity index (χ1v) is 6.18. The molecule has 0 aliphatic heterocycles. The predicted molar refractivity (Wildman–Crippen MR) is 63.4 cm³/mol. The van der Waals surface area contributed by atoms with E-state index in [4.69, 9.17) is 0 Å². The molecule has 0 bridgehead atoms. The summed E-state index contributed by atoms with van der Waals surface area (Å²) >= 11 is 4.43. The minimum atomic E-state index is -3.25. The molecule has 1 rings (SSSR count). The van der Waals surface area contributed by atoms with Crippen molar-refractivity contribution in [3.05, 3.63) is 36.9 Å². The molecule has 1 aromatic carbocycles. The van der Waals surface area contributed by atoms with Crippen LogP contribution in [0.5, 0.6) is 0 Å². The molecule has 0 fully saturated rings. The van der Waals surface area contributed by atoms with E-state index in [0.717, 1.165) is 0 Å². The first-order chi connectivity index (χ1) is 7.10. The fraction of sp³-hybridized carbons (Fsp3) is 0.100. The Hall–Kier alpha value is -1.29. The van der Waals surface area contributed by atoms with Crippen molar-refractivity contribution in [1.29, 1.82) is 0 Å². The van der Waals surface area contributed by atoms with Gasteiger partial charge >= 0.3 is 0 Å². The largest absolute Gasteiger partial charge is 0.223 e. The minimum Gasteiger partial charge on any atom is -0.223 e. The van der Waals surface area contributed by atoms with Gasteiger partial charge in [-0.05, 0) is 36.5 Å². The second-order valence-corrected chi connectivity index (χ2v) is 4.98. The first-order valence-electron chi connectivity index (χ1n) is 4.12. The highest BCUT2D eigenvalue weighted by molar-refractivity contribution is 7.91. The smallest absolute Gasteiger partial charge is 0.181 e. The van der Waals surface area contributed by atoms with Gasteiger partial charge in [-0.3, -0.25) is 0 Å². The van der Waals surface area contributed by atoms with Gasteiger partial charge in [-0.2, -0.15) is 4.99 Å². The summed E-state index contributed by atoms with van der Waals surface area (Å²) in [5.74, 6) is -0.0667. The van der Waals surface area contributed by atoms with Gasteiger partial charge in [0.25, 0.3) is 0 Å². The Morgan fingerprint density at radius 3 is 2.47 bits per heavy atom. The third kappa shape index (κ3) is 3.09. The molecule has 0 atom stereocenters. The van der Waals surface area contributed by atoms with Crippen LogP contribution < -0.4 is 0 Å². The van der Waals surface area contributed by atoms with Crippen LogP contribution >= 0.6 is 12.2 Å². The molecule has 0 saturated carbocycles.